The Morgan fingerprint density at radius 1 is 0.889 bits per heavy atom. The van der Waals surface area contributed by atoms with E-state index in [2.05, 4.69) is 47.0 Å². The van der Waals surface area contributed by atoms with Gasteiger partial charge in [-0.1, -0.05) is 78.9 Å². The zero-order valence-corrected chi connectivity index (χ0v) is 21.1. The molecule has 0 fully saturated rings. The van der Waals surface area contributed by atoms with E-state index < -0.39 is 6.04 Å². The van der Waals surface area contributed by atoms with Crippen LogP contribution < -0.4 is 16.2 Å². The molecule has 1 heterocycles. The minimum atomic E-state index is -0.490. The first kappa shape index (κ1) is 25.2. The molecule has 0 aliphatic rings. The number of hydrogen-bond acceptors (Lipinski definition) is 3. The fourth-order valence-electron chi connectivity index (χ4n) is 4.51. The highest BCUT2D eigenvalue weighted by atomic mass is 16.2. The Bertz CT molecular complexity index is 1330. The SMILES string of the molecule is Cc1c(NC(=O)[C@@H](C)N[C@H](CCCc2ccccc2)c2ccccc2)c(=O)n(-c2ccccc2)n1C. The fraction of sp³-hybridized carbons (Fsp3) is 0.267. The molecule has 4 aromatic rings. The lowest BCUT2D eigenvalue weighted by Gasteiger charge is -2.23. The fourth-order valence-corrected chi connectivity index (χ4v) is 4.51. The molecule has 2 atom stereocenters. The summed E-state index contributed by atoms with van der Waals surface area (Å²) in [6, 6.07) is 29.6. The number of aryl methyl sites for hydroxylation is 1. The number of nitrogens with one attached hydrogen (secondary N) is 2. The van der Waals surface area contributed by atoms with Crippen LogP contribution in [0, 0.1) is 6.92 Å². The second-order valence-corrected chi connectivity index (χ2v) is 9.16. The van der Waals surface area contributed by atoms with Crippen LogP contribution in [0.15, 0.2) is 95.8 Å². The number of para-hydroxylation sites is 1. The quantitative estimate of drug-likeness (QED) is 0.328. The van der Waals surface area contributed by atoms with Gasteiger partial charge < -0.3 is 5.32 Å². The molecule has 0 aliphatic heterocycles. The number of hydrogen-bond donors (Lipinski definition) is 2. The van der Waals surface area contributed by atoms with Gasteiger partial charge in [0.1, 0.15) is 5.69 Å². The number of nitrogens with zero attached hydrogens (tertiary/aromatic N) is 2. The first-order valence-electron chi connectivity index (χ1n) is 12.5. The number of benzene rings is 3. The van der Waals surface area contributed by atoms with Gasteiger partial charge in [-0.25, -0.2) is 4.68 Å². The standard InChI is InChI=1S/C30H34N4O2/c1-22(29(35)32-28-23(2)33(3)34(30(28)36)26-19-11-6-12-20-26)31-27(25-17-9-5-10-18-25)21-13-16-24-14-7-4-8-15-24/h4-12,14-15,17-20,22,27,31H,13,16,21H2,1-3H3,(H,32,35)/t22-,27-/m1/s1. The van der Waals surface area contributed by atoms with E-state index in [1.165, 1.54) is 5.56 Å². The summed E-state index contributed by atoms with van der Waals surface area (Å²) in [6.45, 7) is 3.68. The Morgan fingerprint density at radius 3 is 2.11 bits per heavy atom. The molecule has 6 nitrogen and oxygen atoms in total. The summed E-state index contributed by atoms with van der Waals surface area (Å²) >= 11 is 0. The van der Waals surface area contributed by atoms with Crippen LogP contribution in [-0.2, 0) is 18.3 Å². The first-order valence-corrected chi connectivity index (χ1v) is 12.5. The molecule has 1 amide bonds. The molecule has 1 aromatic heterocycles. The largest absolute Gasteiger partial charge is 0.319 e. The highest BCUT2D eigenvalue weighted by Gasteiger charge is 2.23. The lowest BCUT2D eigenvalue weighted by Crippen LogP contribution is -2.41. The van der Waals surface area contributed by atoms with Crippen molar-refractivity contribution in [2.24, 2.45) is 7.05 Å². The molecular formula is C30H34N4O2. The summed E-state index contributed by atoms with van der Waals surface area (Å²) in [5.74, 6) is -0.231. The van der Waals surface area contributed by atoms with Gasteiger partial charge in [-0.15, -0.1) is 0 Å². The minimum absolute atomic E-state index is 0.0218. The van der Waals surface area contributed by atoms with Crippen LogP contribution in [0.1, 0.15) is 42.6 Å². The van der Waals surface area contributed by atoms with Gasteiger partial charge in [-0.05, 0) is 56.4 Å². The van der Waals surface area contributed by atoms with Crippen LogP contribution in [0.4, 0.5) is 5.69 Å². The lowest BCUT2D eigenvalue weighted by molar-refractivity contribution is -0.118. The van der Waals surface area contributed by atoms with Gasteiger partial charge in [0.25, 0.3) is 5.56 Å². The molecule has 186 valence electrons. The van der Waals surface area contributed by atoms with Crippen LogP contribution in [0.2, 0.25) is 0 Å². The Kier molecular flexibility index (Phi) is 8.18. The van der Waals surface area contributed by atoms with Crippen molar-refractivity contribution in [1.82, 2.24) is 14.7 Å². The summed E-state index contributed by atoms with van der Waals surface area (Å²) in [4.78, 5) is 26.4. The topological polar surface area (TPSA) is 68.1 Å². The molecule has 0 unspecified atom stereocenters. The molecule has 6 heteroatoms. The number of carbonyl (C=O) groups is 1. The van der Waals surface area contributed by atoms with E-state index >= 15 is 0 Å². The lowest BCUT2D eigenvalue weighted by atomic mass is 9.98. The highest BCUT2D eigenvalue weighted by molar-refractivity contribution is 5.95. The van der Waals surface area contributed by atoms with Crippen molar-refractivity contribution in [2.75, 3.05) is 5.32 Å². The predicted octanol–water partition coefficient (Wildman–Crippen LogP) is 5.17. The number of amides is 1. The number of aromatic nitrogens is 2. The molecule has 3 aromatic carbocycles. The third kappa shape index (κ3) is 5.83. The van der Waals surface area contributed by atoms with Crippen molar-refractivity contribution >= 4 is 11.6 Å². The molecule has 0 saturated heterocycles. The van der Waals surface area contributed by atoms with Crippen molar-refractivity contribution in [1.29, 1.82) is 0 Å². The third-order valence-electron chi connectivity index (χ3n) is 6.65. The maximum Gasteiger partial charge on any atom is 0.295 e. The summed E-state index contributed by atoms with van der Waals surface area (Å²) < 4.78 is 3.33. The molecular weight excluding hydrogens is 448 g/mol. The van der Waals surface area contributed by atoms with E-state index in [1.54, 1.807) is 9.36 Å². The molecule has 2 N–H and O–H groups in total. The molecule has 0 aliphatic carbocycles. The number of carbonyl (C=O) groups excluding carboxylic acids is 1. The Morgan fingerprint density at radius 2 is 1.47 bits per heavy atom. The monoisotopic (exact) mass is 482 g/mol. The Labute approximate surface area is 212 Å². The van der Waals surface area contributed by atoms with Gasteiger partial charge in [0.2, 0.25) is 5.91 Å². The van der Waals surface area contributed by atoms with E-state index in [1.807, 2.05) is 75.5 Å². The van der Waals surface area contributed by atoms with Gasteiger partial charge in [0.15, 0.2) is 0 Å². The normalized spacial score (nSPS) is 12.8. The van der Waals surface area contributed by atoms with Gasteiger partial charge in [-0.2, -0.15) is 0 Å². The third-order valence-corrected chi connectivity index (χ3v) is 6.65. The van der Waals surface area contributed by atoms with Crippen LogP contribution in [0.5, 0.6) is 0 Å². The predicted molar refractivity (Wildman–Crippen MR) is 146 cm³/mol. The summed E-state index contributed by atoms with van der Waals surface area (Å²) in [6.07, 6.45) is 2.86. The average Bonchev–Trinajstić information content (AvgIpc) is 3.12. The Balaban J connectivity index is 1.47. The first-order chi connectivity index (χ1) is 17.5. The van der Waals surface area contributed by atoms with Gasteiger partial charge >= 0.3 is 0 Å². The zero-order chi connectivity index (χ0) is 25.5. The molecule has 0 saturated carbocycles. The van der Waals surface area contributed by atoms with Crippen LogP contribution in [-0.4, -0.2) is 21.3 Å². The smallest absolute Gasteiger partial charge is 0.295 e. The molecule has 0 radical (unpaired) electrons. The molecule has 36 heavy (non-hydrogen) atoms. The van der Waals surface area contributed by atoms with E-state index in [0.29, 0.717) is 11.4 Å². The minimum Gasteiger partial charge on any atom is -0.319 e. The van der Waals surface area contributed by atoms with Crippen molar-refractivity contribution in [3.63, 3.8) is 0 Å². The van der Waals surface area contributed by atoms with Gasteiger partial charge in [0, 0.05) is 13.1 Å². The average molecular weight is 483 g/mol. The summed E-state index contributed by atoms with van der Waals surface area (Å²) in [5, 5.41) is 6.40. The number of rotatable bonds is 10. The maximum absolute atomic E-state index is 13.2. The summed E-state index contributed by atoms with van der Waals surface area (Å²) in [7, 11) is 1.82. The maximum atomic E-state index is 13.2. The van der Waals surface area contributed by atoms with Crippen LogP contribution in [0.3, 0.4) is 0 Å². The van der Waals surface area contributed by atoms with Crippen LogP contribution in [0.25, 0.3) is 5.69 Å². The second kappa shape index (κ2) is 11.7. The van der Waals surface area contributed by atoms with E-state index in [0.717, 1.165) is 30.5 Å². The summed E-state index contributed by atoms with van der Waals surface area (Å²) in [5.41, 5.74) is 3.97. The van der Waals surface area contributed by atoms with E-state index in [4.69, 9.17) is 0 Å². The van der Waals surface area contributed by atoms with Gasteiger partial charge in [0.05, 0.1) is 17.4 Å². The molecule has 0 spiro atoms. The van der Waals surface area contributed by atoms with E-state index in [9.17, 15) is 9.59 Å². The van der Waals surface area contributed by atoms with E-state index in [-0.39, 0.29) is 17.5 Å². The molecule has 0 bridgehead atoms. The van der Waals surface area contributed by atoms with Gasteiger partial charge in [-0.3, -0.25) is 19.6 Å². The highest BCUT2D eigenvalue weighted by Crippen LogP contribution is 2.21. The van der Waals surface area contributed by atoms with Crippen molar-refractivity contribution in [3.8, 4) is 5.69 Å². The Hall–Kier alpha value is -3.90. The van der Waals surface area contributed by atoms with Crippen molar-refractivity contribution in [2.45, 2.75) is 45.2 Å². The second-order valence-electron chi connectivity index (χ2n) is 9.16. The molecule has 4 rings (SSSR count). The van der Waals surface area contributed by atoms with Crippen molar-refractivity contribution in [3.05, 3.63) is 118 Å². The van der Waals surface area contributed by atoms with Crippen molar-refractivity contribution < 1.29 is 4.79 Å². The van der Waals surface area contributed by atoms with Crippen LogP contribution >= 0.6 is 0 Å². The number of anilines is 1. The zero-order valence-electron chi connectivity index (χ0n) is 21.1.